The van der Waals surface area contributed by atoms with Crippen molar-refractivity contribution in [2.45, 2.75) is 78.9 Å². The number of carbonyl (C=O) groups excluding carboxylic acids is 2. The number of nitrogens with one attached hydrogen (secondary N) is 1. The number of fused-ring (bicyclic) bond motifs is 1. The lowest BCUT2D eigenvalue weighted by molar-refractivity contribution is -0.122. The zero-order valence-corrected chi connectivity index (χ0v) is 22.6. The van der Waals surface area contributed by atoms with E-state index < -0.39 is 24.5 Å². The Morgan fingerprint density at radius 1 is 1.28 bits per heavy atom. The molecule has 0 saturated carbocycles. The summed E-state index contributed by atoms with van der Waals surface area (Å²) >= 11 is 0. The van der Waals surface area contributed by atoms with E-state index in [1.165, 1.54) is 27.5 Å². The monoisotopic (exact) mass is 504 g/mol. The van der Waals surface area contributed by atoms with Crippen LogP contribution < -0.4 is 5.32 Å². The highest BCUT2D eigenvalue weighted by molar-refractivity contribution is 6.12. The van der Waals surface area contributed by atoms with Gasteiger partial charge in [-0.2, -0.15) is 0 Å². The van der Waals surface area contributed by atoms with E-state index in [4.69, 9.17) is 14.2 Å². The number of carbonyl (C=O) groups is 2. The summed E-state index contributed by atoms with van der Waals surface area (Å²) in [6, 6.07) is 0. The van der Waals surface area contributed by atoms with Gasteiger partial charge in [-0.3, -0.25) is 9.59 Å². The maximum atomic E-state index is 13.5. The molecule has 3 unspecified atom stereocenters. The molecule has 1 aliphatic rings. The second-order valence-electron chi connectivity index (χ2n) is 10.9. The van der Waals surface area contributed by atoms with Crippen molar-refractivity contribution in [2.75, 3.05) is 26.1 Å². The molecule has 2 aromatic heterocycles. The molecule has 1 aliphatic heterocycles. The van der Waals surface area contributed by atoms with Crippen LogP contribution in [0.25, 0.3) is 11.0 Å². The normalized spacial score (nSPS) is 24.1. The van der Waals surface area contributed by atoms with Crippen LogP contribution in [0.15, 0.2) is 12.5 Å². The van der Waals surface area contributed by atoms with E-state index in [9.17, 15) is 14.7 Å². The molecule has 2 N–H and O–H groups in total. The van der Waals surface area contributed by atoms with Crippen LogP contribution >= 0.6 is 0 Å². The van der Waals surface area contributed by atoms with Gasteiger partial charge in [-0.15, -0.1) is 0 Å². The smallest absolute Gasteiger partial charge is 0.228 e. The highest BCUT2D eigenvalue weighted by Crippen LogP contribution is 2.37. The summed E-state index contributed by atoms with van der Waals surface area (Å²) in [7, 11) is 3.01. The molecule has 2 aromatic rings. The summed E-state index contributed by atoms with van der Waals surface area (Å²) in [6.45, 7) is 12.1. The largest absolute Gasteiger partial charge is 0.387 e. The van der Waals surface area contributed by atoms with Crippen LogP contribution in [-0.2, 0) is 19.0 Å². The predicted octanol–water partition coefficient (Wildman–Crippen LogP) is 3.59. The fourth-order valence-corrected chi connectivity index (χ4v) is 4.85. The Labute approximate surface area is 212 Å². The first-order valence-corrected chi connectivity index (χ1v) is 12.5. The summed E-state index contributed by atoms with van der Waals surface area (Å²) in [4.78, 5) is 34.9. The maximum absolute atomic E-state index is 13.5. The molecule has 200 valence electrons. The summed E-state index contributed by atoms with van der Waals surface area (Å²) in [5.74, 6) is -0.116. The van der Waals surface area contributed by atoms with Gasteiger partial charge >= 0.3 is 0 Å². The predicted molar refractivity (Wildman–Crippen MR) is 136 cm³/mol. The summed E-state index contributed by atoms with van der Waals surface area (Å²) < 4.78 is 18.5. The van der Waals surface area contributed by atoms with Crippen LogP contribution in [0.4, 0.5) is 5.82 Å². The lowest BCUT2D eigenvalue weighted by Gasteiger charge is -2.29. The van der Waals surface area contributed by atoms with Crippen molar-refractivity contribution in [1.82, 2.24) is 14.5 Å². The first kappa shape index (κ1) is 28.2. The van der Waals surface area contributed by atoms with Gasteiger partial charge in [0.2, 0.25) is 5.91 Å². The van der Waals surface area contributed by atoms with E-state index in [0.29, 0.717) is 23.0 Å². The molecule has 10 heteroatoms. The van der Waals surface area contributed by atoms with Crippen molar-refractivity contribution in [2.24, 2.45) is 17.3 Å². The standard InChI is InChI=1S/C26H40N4O6/c1-9-14(2)16(10-26(4,5)6)24(33)29-22-19-17(15(3)31)11-30(23(19)28-13-27-22)25-21(35-8)20(32)18(36-25)12-34-7/h11,13-14,16,18,20-21,25,32H,9-10,12H2,1-8H3,(H,27,28,29,33)/t14?,16?,18-,20?,21+,25-/m1/s1. The van der Waals surface area contributed by atoms with Crippen molar-refractivity contribution < 1.29 is 28.9 Å². The van der Waals surface area contributed by atoms with Crippen LogP contribution in [0.5, 0.6) is 0 Å². The highest BCUT2D eigenvalue weighted by atomic mass is 16.6. The van der Waals surface area contributed by atoms with Crippen molar-refractivity contribution in [3.63, 3.8) is 0 Å². The third-order valence-corrected chi connectivity index (χ3v) is 6.92. The first-order chi connectivity index (χ1) is 16.9. The van der Waals surface area contributed by atoms with Crippen LogP contribution in [-0.4, -0.2) is 70.5 Å². The highest BCUT2D eigenvalue weighted by Gasteiger charge is 2.46. The Bertz CT molecular complexity index is 1080. The summed E-state index contributed by atoms with van der Waals surface area (Å²) in [6.07, 6.45) is 1.53. The molecule has 0 bridgehead atoms. The number of ether oxygens (including phenoxy) is 3. The van der Waals surface area contributed by atoms with Gasteiger partial charge < -0.3 is 29.2 Å². The number of hydrogen-bond acceptors (Lipinski definition) is 8. The molecule has 3 heterocycles. The molecule has 0 aromatic carbocycles. The van der Waals surface area contributed by atoms with Crippen LogP contribution in [0.1, 0.15) is 71.0 Å². The lowest BCUT2D eigenvalue weighted by atomic mass is 9.78. The van der Waals surface area contributed by atoms with Crippen LogP contribution in [0.2, 0.25) is 0 Å². The zero-order valence-electron chi connectivity index (χ0n) is 22.6. The van der Waals surface area contributed by atoms with Crippen molar-refractivity contribution >= 4 is 28.5 Å². The van der Waals surface area contributed by atoms with E-state index in [1.807, 2.05) is 0 Å². The van der Waals surface area contributed by atoms with E-state index >= 15 is 0 Å². The number of anilines is 1. The molecule has 1 amide bonds. The Morgan fingerprint density at radius 2 is 1.97 bits per heavy atom. The van der Waals surface area contributed by atoms with Crippen molar-refractivity contribution in [3.05, 3.63) is 18.1 Å². The van der Waals surface area contributed by atoms with E-state index in [0.717, 1.165) is 6.42 Å². The number of aliphatic hydroxyl groups is 1. The number of aromatic nitrogens is 3. The Kier molecular flexibility index (Phi) is 8.87. The van der Waals surface area contributed by atoms with Gasteiger partial charge in [0.1, 0.15) is 36.1 Å². The van der Waals surface area contributed by atoms with Gasteiger partial charge in [-0.1, -0.05) is 41.0 Å². The molecular formula is C26H40N4O6. The van der Waals surface area contributed by atoms with Crippen LogP contribution in [0.3, 0.4) is 0 Å². The Morgan fingerprint density at radius 3 is 2.53 bits per heavy atom. The average Bonchev–Trinajstić information content (AvgIpc) is 3.35. The third kappa shape index (κ3) is 5.77. The van der Waals surface area contributed by atoms with Gasteiger partial charge in [-0.25, -0.2) is 9.97 Å². The minimum Gasteiger partial charge on any atom is -0.387 e. The number of aliphatic hydroxyl groups excluding tert-OH is 1. The third-order valence-electron chi connectivity index (χ3n) is 6.92. The molecule has 0 radical (unpaired) electrons. The molecule has 10 nitrogen and oxygen atoms in total. The lowest BCUT2D eigenvalue weighted by Crippen LogP contribution is -2.35. The van der Waals surface area contributed by atoms with Crippen molar-refractivity contribution in [3.8, 4) is 0 Å². The number of ketones is 1. The molecule has 36 heavy (non-hydrogen) atoms. The molecule has 0 aliphatic carbocycles. The number of Topliss-reactive ketones (excluding diaryl/α,β-unsaturated/α-hetero) is 1. The molecular weight excluding hydrogens is 464 g/mol. The maximum Gasteiger partial charge on any atom is 0.228 e. The minimum absolute atomic E-state index is 0.0329. The summed E-state index contributed by atoms with van der Waals surface area (Å²) in [5, 5.41) is 14.1. The van der Waals surface area contributed by atoms with Gasteiger partial charge in [-0.05, 0) is 24.7 Å². The van der Waals surface area contributed by atoms with Gasteiger partial charge in [0.05, 0.1) is 12.0 Å². The van der Waals surface area contributed by atoms with Crippen LogP contribution in [0, 0.1) is 17.3 Å². The molecule has 1 saturated heterocycles. The topological polar surface area (TPSA) is 125 Å². The first-order valence-electron chi connectivity index (χ1n) is 12.5. The second-order valence-corrected chi connectivity index (χ2v) is 10.9. The van der Waals surface area contributed by atoms with Gasteiger partial charge in [0, 0.05) is 31.9 Å². The van der Waals surface area contributed by atoms with E-state index in [2.05, 4.69) is 49.9 Å². The van der Waals surface area contributed by atoms with Gasteiger partial charge in [0.15, 0.2) is 12.0 Å². The number of rotatable bonds is 10. The van der Waals surface area contributed by atoms with Gasteiger partial charge in [0.25, 0.3) is 0 Å². The quantitative estimate of drug-likeness (QED) is 0.470. The molecule has 3 rings (SSSR count). The molecule has 6 atom stereocenters. The number of nitrogens with zero attached hydrogens (tertiary/aromatic N) is 3. The fraction of sp³-hybridized carbons (Fsp3) is 0.692. The Hall–Kier alpha value is -2.40. The zero-order chi connectivity index (χ0) is 26.8. The average molecular weight is 505 g/mol. The SMILES string of the molecule is CCC(C)C(CC(C)(C)C)C(=O)Nc1ncnc2c1c(C(C)=O)cn2[C@@H]1O[C@H](COC)C(O)[C@@H]1OC. The van der Waals surface area contributed by atoms with Crippen molar-refractivity contribution in [1.29, 1.82) is 0 Å². The number of amides is 1. The molecule has 0 spiro atoms. The van der Waals surface area contributed by atoms with E-state index in [1.54, 1.807) is 10.8 Å². The second kappa shape index (κ2) is 11.3. The van der Waals surface area contributed by atoms with E-state index in [-0.39, 0.29) is 41.4 Å². The summed E-state index contributed by atoms with van der Waals surface area (Å²) in [5.41, 5.74) is 0.716. The Balaban J connectivity index is 2.06. The number of hydrogen-bond donors (Lipinski definition) is 2. The fourth-order valence-electron chi connectivity index (χ4n) is 4.85. The minimum atomic E-state index is -0.937. The molecule has 1 fully saturated rings. The number of methoxy groups -OCH3 is 2.